The second kappa shape index (κ2) is 7.33. The normalized spacial score (nSPS) is 14.0. The molecule has 1 aromatic carbocycles. The largest absolute Gasteiger partial charge is 0.325 e. The molecule has 0 aliphatic heterocycles. The summed E-state index contributed by atoms with van der Waals surface area (Å²) in [4.78, 5) is 11.9. The third-order valence-corrected chi connectivity index (χ3v) is 5.51. The number of hydrogen-bond donors (Lipinski definition) is 1. The number of sulfone groups is 1. The van der Waals surface area contributed by atoms with Crippen LogP contribution in [0.25, 0.3) is 0 Å². The average molecular weight is 328 g/mol. The summed E-state index contributed by atoms with van der Waals surface area (Å²) in [6.45, 7) is 1.48. The number of amides is 1. The van der Waals surface area contributed by atoms with Gasteiger partial charge in [0.1, 0.15) is 15.1 Å². The second-order valence-corrected chi connectivity index (χ2v) is 8.67. The lowest BCUT2D eigenvalue weighted by Crippen LogP contribution is -2.31. The maximum absolute atomic E-state index is 11.9. The Labute approximate surface area is 126 Å². The number of anilines is 1. The minimum absolute atomic E-state index is 0.0687. The van der Waals surface area contributed by atoms with Gasteiger partial charge in [0.05, 0.1) is 17.4 Å². The van der Waals surface area contributed by atoms with Gasteiger partial charge >= 0.3 is 0 Å². The Kier molecular flexibility index (Phi) is 6.05. The van der Waals surface area contributed by atoms with Crippen LogP contribution >= 0.6 is 0 Å². The van der Waals surface area contributed by atoms with Crippen LogP contribution in [0.1, 0.15) is 12.5 Å². The number of benzene rings is 1. The van der Waals surface area contributed by atoms with E-state index in [9.17, 15) is 17.4 Å². The van der Waals surface area contributed by atoms with E-state index < -0.39 is 31.8 Å². The van der Waals surface area contributed by atoms with Crippen LogP contribution in [0.2, 0.25) is 0 Å². The molecule has 0 aromatic heterocycles. The van der Waals surface area contributed by atoms with Crippen molar-refractivity contribution < 1.29 is 17.4 Å². The first-order valence-corrected chi connectivity index (χ1v) is 9.53. The number of nitrogens with one attached hydrogen (secondary N) is 1. The van der Waals surface area contributed by atoms with E-state index in [1.54, 1.807) is 24.3 Å². The summed E-state index contributed by atoms with van der Waals surface area (Å²) in [5.74, 6) is -0.735. The van der Waals surface area contributed by atoms with Crippen molar-refractivity contribution >= 4 is 32.2 Å². The van der Waals surface area contributed by atoms with Crippen LogP contribution in [0.4, 0.5) is 5.69 Å². The number of hydrogen-bond acceptors (Lipinski definition) is 5. The van der Waals surface area contributed by atoms with Gasteiger partial charge in [-0.1, -0.05) is 0 Å². The number of nitrogens with zero attached hydrogens (tertiary/aromatic N) is 1. The number of nitriles is 1. The first-order valence-electron chi connectivity index (χ1n) is 6.09. The highest BCUT2D eigenvalue weighted by atomic mass is 32.2. The lowest BCUT2D eigenvalue weighted by molar-refractivity contribution is -0.115. The SMILES string of the molecule is CC(C(=O)Nc1ccc(C#N)cc1)S(=O)CCS(C)(=O)=O. The average Bonchev–Trinajstić information content (AvgIpc) is 2.43. The highest BCUT2D eigenvalue weighted by Crippen LogP contribution is 2.10. The Hall–Kier alpha value is -1.72. The van der Waals surface area contributed by atoms with E-state index in [2.05, 4.69) is 5.32 Å². The Balaban J connectivity index is 2.61. The van der Waals surface area contributed by atoms with Crippen LogP contribution in [0.5, 0.6) is 0 Å². The molecule has 0 saturated carbocycles. The second-order valence-electron chi connectivity index (χ2n) is 4.54. The molecule has 0 fully saturated rings. The maximum atomic E-state index is 11.9. The third-order valence-electron chi connectivity index (χ3n) is 2.70. The van der Waals surface area contributed by atoms with Gasteiger partial charge in [-0.15, -0.1) is 0 Å². The van der Waals surface area contributed by atoms with Crippen LogP contribution in [0.3, 0.4) is 0 Å². The minimum Gasteiger partial charge on any atom is -0.325 e. The van der Waals surface area contributed by atoms with Crippen LogP contribution in [0.15, 0.2) is 24.3 Å². The van der Waals surface area contributed by atoms with E-state index in [4.69, 9.17) is 5.26 Å². The van der Waals surface area contributed by atoms with Crippen molar-refractivity contribution in [1.82, 2.24) is 0 Å². The van der Waals surface area contributed by atoms with Crippen molar-refractivity contribution in [2.45, 2.75) is 12.2 Å². The zero-order valence-electron chi connectivity index (χ0n) is 11.7. The molecule has 2 atom stereocenters. The summed E-state index contributed by atoms with van der Waals surface area (Å²) < 4.78 is 33.9. The predicted molar refractivity (Wildman–Crippen MR) is 82.0 cm³/mol. The van der Waals surface area contributed by atoms with Crippen LogP contribution in [-0.2, 0) is 25.4 Å². The van der Waals surface area contributed by atoms with Gasteiger partial charge < -0.3 is 5.32 Å². The molecule has 0 spiro atoms. The molecule has 0 bridgehead atoms. The van der Waals surface area contributed by atoms with E-state index in [-0.39, 0.29) is 11.5 Å². The predicted octanol–water partition coefficient (Wildman–Crippen LogP) is 0.679. The van der Waals surface area contributed by atoms with Crippen molar-refractivity contribution in [1.29, 1.82) is 5.26 Å². The highest BCUT2D eigenvalue weighted by molar-refractivity contribution is 7.92. The molecular weight excluding hydrogens is 312 g/mol. The Bertz CT molecular complexity index is 675. The molecule has 2 unspecified atom stereocenters. The topological polar surface area (TPSA) is 104 Å². The fraction of sp³-hybridized carbons (Fsp3) is 0.385. The molecule has 0 aliphatic carbocycles. The summed E-state index contributed by atoms with van der Waals surface area (Å²) in [5.41, 5.74) is 0.962. The zero-order valence-corrected chi connectivity index (χ0v) is 13.3. The van der Waals surface area contributed by atoms with Gasteiger partial charge in [0.2, 0.25) is 5.91 Å². The first-order chi connectivity index (χ1) is 9.73. The molecule has 1 amide bonds. The van der Waals surface area contributed by atoms with Gasteiger partial charge in [-0.25, -0.2) is 8.42 Å². The van der Waals surface area contributed by atoms with Gasteiger partial charge in [0.15, 0.2) is 0 Å². The number of carbonyl (C=O) groups is 1. The standard InChI is InChI=1S/C13H16N2O4S2/c1-10(20(17)7-8-21(2,18)19)13(16)15-12-5-3-11(9-14)4-6-12/h3-6,10H,7-8H2,1-2H3,(H,15,16). The van der Waals surface area contributed by atoms with Gasteiger partial charge in [-0.3, -0.25) is 9.00 Å². The van der Waals surface area contributed by atoms with E-state index in [0.717, 1.165) is 6.26 Å². The Morgan fingerprint density at radius 2 is 1.95 bits per heavy atom. The molecular formula is C13H16N2O4S2. The monoisotopic (exact) mass is 328 g/mol. The van der Waals surface area contributed by atoms with E-state index in [0.29, 0.717) is 11.3 Å². The quantitative estimate of drug-likeness (QED) is 0.827. The summed E-state index contributed by atoms with van der Waals surface area (Å²) >= 11 is 0. The molecule has 0 saturated heterocycles. The molecule has 1 N–H and O–H groups in total. The molecule has 1 aromatic rings. The summed E-state index contributed by atoms with van der Waals surface area (Å²) in [5, 5.41) is 10.4. The van der Waals surface area contributed by atoms with Crippen molar-refractivity contribution in [2.75, 3.05) is 23.1 Å². The van der Waals surface area contributed by atoms with E-state index in [1.165, 1.54) is 6.92 Å². The van der Waals surface area contributed by atoms with Gasteiger partial charge in [-0.2, -0.15) is 5.26 Å². The summed E-state index contributed by atoms with van der Waals surface area (Å²) in [6, 6.07) is 8.22. The van der Waals surface area contributed by atoms with Gasteiger partial charge in [0, 0.05) is 28.5 Å². The Morgan fingerprint density at radius 3 is 2.43 bits per heavy atom. The molecule has 0 heterocycles. The maximum Gasteiger partial charge on any atom is 0.239 e. The van der Waals surface area contributed by atoms with Gasteiger partial charge in [-0.05, 0) is 31.2 Å². The van der Waals surface area contributed by atoms with Crippen LogP contribution in [-0.4, -0.2) is 41.5 Å². The fourth-order valence-electron chi connectivity index (χ4n) is 1.40. The molecule has 0 aliphatic rings. The van der Waals surface area contributed by atoms with E-state index >= 15 is 0 Å². The van der Waals surface area contributed by atoms with Crippen LogP contribution in [0, 0.1) is 11.3 Å². The van der Waals surface area contributed by atoms with Crippen molar-refractivity contribution in [3.05, 3.63) is 29.8 Å². The lowest BCUT2D eigenvalue weighted by atomic mass is 10.2. The van der Waals surface area contributed by atoms with E-state index in [1.807, 2.05) is 6.07 Å². The Morgan fingerprint density at radius 1 is 1.38 bits per heavy atom. The van der Waals surface area contributed by atoms with Crippen molar-refractivity contribution in [3.8, 4) is 6.07 Å². The summed E-state index contributed by atoms with van der Waals surface area (Å²) in [7, 11) is -4.76. The first kappa shape index (κ1) is 17.3. The highest BCUT2D eigenvalue weighted by Gasteiger charge is 2.21. The summed E-state index contributed by atoms with van der Waals surface area (Å²) in [6.07, 6.45) is 1.06. The molecule has 8 heteroatoms. The molecule has 1 rings (SSSR count). The third kappa shape index (κ3) is 6.06. The molecule has 6 nitrogen and oxygen atoms in total. The lowest BCUT2D eigenvalue weighted by Gasteiger charge is -2.12. The number of rotatable bonds is 6. The van der Waals surface area contributed by atoms with Crippen molar-refractivity contribution in [2.24, 2.45) is 0 Å². The zero-order chi connectivity index (χ0) is 16.0. The molecule has 21 heavy (non-hydrogen) atoms. The fourth-order valence-corrected chi connectivity index (χ4v) is 3.92. The van der Waals surface area contributed by atoms with Gasteiger partial charge in [0.25, 0.3) is 0 Å². The molecule has 0 radical (unpaired) electrons. The number of carbonyl (C=O) groups excluding carboxylic acids is 1. The van der Waals surface area contributed by atoms with Crippen LogP contribution < -0.4 is 5.32 Å². The van der Waals surface area contributed by atoms with Crippen molar-refractivity contribution in [3.63, 3.8) is 0 Å². The molecule has 114 valence electrons. The minimum atomic E-state index is -3.20. The smallest absolute Gasteiger partial charge is 0.239 e.